The van der Waals surface area contributed by atoms with E-state index >= 15 is 0 Å². The van der Waals surface area contributed by atoms with E-state index < -0.39 is 0 Å². The number of anilines is 1. The Morgan fingerprint density at radius 2 is 1.74 bits per heavy atom. The van der Waals surface area contributed by atoms with E-state index in [4.69, 9.17) is 9.97 Å². The van der Waals surface area contributed by atoms with Gasteiger partial charge < -0.3 is 15.1 Å². The van der Waals surface area contributed by atoms with E-state index in [9.17, 15) is 4.79 Å². The Balaban J connectivity index is 1.46. The molecule has 0 unspecified atom stereocenters. The number of urea groups is 1. The number of benzene rings is 1. The van der Waals surface area contributed by atoms with Gasteiger partial charge in [-0.25, -0.2) is 14.8 Å². The predicted molar refractivity (Wildman–Crippen MR) is 125 cm³/mol. The van der Waals surface area contributed by atoms with Crippen molar-refractivity contribution in [2.75, 3.05) is 31.1 Å². The molecule has 0 radical (unpaired) electrons. The Hall–Kier alpha value is -2.63. The summed E-state index contributed by atoms with van der Waals surface area (Å²) < 4.78 is 0. The smallest absolute Gasteiger partial charge is 0.317 e. The average molecular weight is 422 g/mol. The van der Waals surface area contributed by atoms with Crippen LogP contribution in [0.25, 0.3) is 0 Å². The molecule has 1 aliphatic heterocycles. The highest BCUT2D eigenvalue weighted by Crippen LogP contribution is 2.26. The fourth-order valence-electron chi connectivity index (χ4n) is 4.81. The Bertz CT molecular complexity index is 871. The van der Waals surface area contributed by atoms with Gasteiger partial charge in [-0.05, 0) is 31.7 Å². The van der Waals surface area contributed by atoms with E-state index in [1.54, 1.807) is 0 Å². The summed E-state index contributed by atoms with van der Waals surface area (Å²) in [5.41, 5.74) is 3.62. The molecule has 1 saturated carbocycles. The monoisotopic (exact) mass is 421 g/mol. The summed E-state index contributed by atoms with van der Waals surface area (Å²) >= 11 is 0. The van der Waals surface area contributed by atoms with Gasteiger partial charge in [-0.15, -0.1) is 0 Å². The van der Waals surface area contributed by atoms with Crippen LogP contribution in [0, 0.1) is 6.92 Å². The highest BCUT2D eigenvalue weighted by molar-refractivity contribution is 5.75. The van der Waals surface area contributed by atoms with Crippen LogP contribution in [0.4, 0.5) is 10.6 Å². The van der Waals surface area contributed by atoms with Crippen molar-refractivity contribution >= 4 is 11.8 Å². The summed E-state index contributed by atoms with van der Waals surface area (Å²) in [5.74, 6) is 1.86. The van der Waals surface area contributed by atoms with E-state index in [2.05, 4.69) is 41.4 Å². The molecule has 1 aromatic heterocycles. The van der Waals surface area contributed by atoms with Gasteiger partial charge in [0.2, 0.25) is 0 Å². The van der Waals surface area contributed by atoms with E-state index in [1.807, 2.05) is 17.9 Å². The van der Waals surface area contributed by atoms with Crippen LogP contribution in [0.2, 0.25) is 0 Å². The Labute approximate surface area is 186 Å². The number of amides is 2. The van der Waals surface area contributed by atoms with Gasteiger partial charge in [0.05, 0.1) is 0 Å². The molecule has 166 valence electrons. The molecule has 2 aromatic rings. The lowest BCUT2D eigenvalue weighted by Crippen LogP contribution is -2.54. The molecule has 1 N–H and O–H groups in total. The zero-order chi connectivity index (χ0) is 21.6. The minimum Gasteiger partial charge on any atom is -0.353 e. The van der Waals surface area contributed by atoms with Crippen molar-refractivity contribution in [3.8, 4) is 0 Å². The van der Waals surface area contributed by atoms with Crippen molar-refractivity contribution in [3.05, 3.63) is 53.0 Å². The lowest BCUT2D eigenvalue weighted by Gasteiger charge is -2.37. The van der Waals surface area contributed by atoms with Crippen molar-refractivity contribution < 1.29 is 4.79 Å². The fraction of sp³-hybridized carbons (Fsp3) is 0.560. The summed E-state index contributed by atoms with van der Waals surface area (Å²) in [6.45, 7) is 7.21. The number of aromatic nitrogens is 2. The molecule has 2 aliphatic rings. The molecular weight excluding hydrogens is 386 g/mol. The molecule has 1 aliphatic carbocycles. The molecular formula is C25H35N5O. The topological polar surface area (TPSA) is 61.4 Å². The molecule has 31 heavy (non-hydrogen) atoms. The number of rotatable bonds is 5. The first-order chi connectivity index (χ1) is 15.1. The highest BCUT2D eigenvalue weighted by Gasteiger charge is 2.26. The second-order valence-electron chi connectivity index (χ2n) is 8.79. The van der Waals surface area contributed by atoms with Crippen molar-refractivity contribution in [3.63, 3.8) is 0 Å². The Morgan fingerprint density at radius 3 is 2.42 bits per heavy atom. The lowest BCUT2D eigenvalue weighted by atomic mass is 9.96. The number of nitrogens with one attached hydrogen (secondary N) is 1. The quantitative estimate of drug-likeness (QED) is 0.789. The van der Waals surface area contributed by atoms with Gasteiger partial charge >= 0.3 is 6.03 Å². The number of hydrogen-bond donors (Lipinski definition) is 1. The van der Waals surface area contributed by atoms with Gasteiger partial charge in [0, 0.05) is 49.9 Å². The van der Waals surface area contributed by atoms with Crippen LogP contribution >= 0.6 is 0 Å². The molecule has 0 bridgehead atoms. The van der Waals surface area contributed by atoms with Crippen LogP contribution in [0.15, 0.2) is 30.3 Å². The normalized spacial score (nSPS) is 17.6. The minimum atomic E-state index is 0.101. The van der Waals surface area contributed by atoms with E-state index in [-0.39, 0.29) is 6.03 Å². The van der Waals surface area contributed by atoms with Crippen LogP contribution in [0.5, 0.6) is 0 Å². The predicted octanol–water partition coefficient (Wildman–Crippen LogP) is 4.10. The molecule has 1 saturated heterocycles. The maximum absolute atomic E-state index is 12.7. The number of hydrogen-bond acceptors (Lipinski definition) is 4. The SMILES string of the molecule is CCc1nc(C)nc(N2CCN(C(=O)NC3CCCCC3)CC2)c1Cc1ccccc1. The Morgan fingerprint density at radius 1 is 1.03 bits per heavy atom. The van der Waals surface area contributed by atoms with Crippen LogP contribution in [-0.2, 0) is 12.8 Å². The fourth-order valence-corrected chi connectivity index (χ4v) is 4.81. The number of nitrogens with zero attached hydrogens (tertiary/aromatic N) is 4. The number of carbonyl (C=O) groups is 1. The third-order valence-electron chi connectivity index (χ3n) is 6.54. The molecule has 4 rings (SSSR count). The summed E-state index contributed by atoms with van der Waals surface area (Å²) in [6.07, 6.45) is 7.73. The van der Waals surface area contributed by atoms with E-state index in [0.717, 1.165) is 69.2 Å². The summed E-state index contributed by atoms with van der Waals surface area (Å²) in [6, 6.07) is 11.0. The van der Waals surface area contributed by atoms with Crippen molar-refractivity contribution in [2.24, 2.45) is 0 Å². The Kier molecular flexibility index (Phi) is 7.05. The van der Waals surface area contributed by atoms with Gasteiger partial charge in [0.25, 0.3) is 0 Å². The largest absolute Gasteiger partial charge is 0.353 e. The van der Waals surface area contributed by atoms with Crippen molar-refractivity contribution in [1.29, 1.82) is 0 Å². The molecule has 1 aromatic carbocycles. The van der Waals surface area contributed by atoms with Crippen LogP contribution in [0.3, 0.4) is 0 Å². The van der Waals surface area contributed by atoms with Crippen LogP contribution < -0.4 is 10.2 Å². The minimum absolute atomic E-state index is 0.101. The van der Waals surface area contributed by atoms with Gasteiger partial charge in [-0.3, -0.25) is 0 Å². The van der Waals surface area contributed by atoms with E-state index in [1.165, 1.54) is 30.4 Å². The molecule has 0 atom stereocenters. The summed E-state index contributed by atoms with van der Waals surface area (Å²) in [4.78, 5) is 26.7. The van der Waals surface area contributed by atoms with Crippen LogP contribution in [0.1, 0.15) is 61.7 Å². The maximum Gasteiger partial charge on any atom is 0.317 e. The average Bonchev–Trinajstić information content (AvgIpc) is 2.81. The zero-order valence-corrected chi connectivity index (χ0v) is 18.9. The van der Waals surface area contributed by atoms with E-state index in [0.29, 0.717) is 6.04 Å². The lowest BCUT2D eigenvalue weighted by molar-refractivity contribution is 0.186. The van der Waals surface area contributed by atoms with Gasteiger partial charge in [-0.2, -0.15) is 0 Å². The molecule has 0 spiro atoms. The second-order valence-corrected chi connectivity index (χ2v) is 8.79. The zero-order valence-electron chi connectivity index (χ0n) is 18.9. The number of piperazine rings is 1. The van der Waals surface area contributed by atoms with Crippen LogP contribution in [-0.4, -0.2) is 53.1 Å². The first-order valence-corrected chi connectivity index (χ1v) is 11.8. The summed E-state index contributed by atoms with van der Waals surface area (Å²) in [7, 11) is 0. The molecule has 6 nitrogen and oxygen atoms in total. The maximum atomic E-state index is 12.7. The van der Waals surface area contributed by atoms with Gasteiger partial charge in [0.15, 0.2) is 0 Å². The second kappa shape index (κ2) is 10.1. The molecule has 2 heterocycles. The van der Waals surface area contributed by atoms with Crippen molar-refractivity contribution in [2.45, 2.75) is 64.8 Å². The van der Waals surface area contributed by atoms with Crippen molar-refractivity contribution in [1.82, 2.24) is 20.2 Å². The number of aryl methyl sites for hydroxylation is 2. The standard InChI is InChI=1S/C25H35N5O/c1-3-23-22(18-20-10-6-4-7-11-20)24(27-19(2)26-23)29-14-16-30(17-15-29)25(31)28-21-12-8-5-9-13-21/h4,6-7,10-11,21H,3,5,8-9,12-18H2,1-2H3,(H,28,31). The first-order valence-electron chi connectivity index (χ1n) is 11.8. The third-order valence-corrected chi connectivity index (χ3v) is 6.54. The first kappa shape index (κ1) is 21.6. The third kappa shape index (κ3) is 5.35. The molecule has 2 amide bonds. The molecule has 2 fully saturated rings. The highest BCUT2D eigenvalue weighted by atomic mass is 16.2. The van der Waals surface area contributed by atoms with Gasteiger partial charge in [0.1, 0.15) is 11.6 Å². The number of carbonyl (C=O) groups excluding carboxylic acids is 1. The van der Waals surface area contributed by atoms with Gasteiger partial charge in [-0.1, -0.05) is 56.5 Å². The molecule has 6 heteroatoms. The summed E-state index contributed by atoms with van der Waals surface area (Å²) in [5, 5.41) is 3.26.